The van der Waals surface area contributed by atoms with Gasteiger partial charge in [0.25, 0.3) is 0 Å². The Balaban J connectivity index is 2.48. The summed E-state index contributed by atoms with van der Waals surface area (Å²) in [4.78, 5) is 0. The van der Waals surface area contributed by atoms with E-state index in [0.29, 0.717) is 5.56 Å². The summed E-state index contributed by atoms with van der Waals surface area (Å²) in [7, 11) is 0. The zero-order valence-corrected chi connectivity index (χ0v) is 10.1. The van der Waals surface area contributed by atoms with Crippen LogP contribution in [0.25, 0.3) is 0 Å². The fraction of sp³-hybridized carbons (Fsp3) is 0.0714. The Labute approximate surface area is 108 Å². The largest absolute Gasteiger partial charge is 0.449 e. The minimum absolute atomic E-state index is 0.111. The van der Waals surface area contributed by atoms with Gasteiger partial charge in [-0.1, -0.05) is 12.1 Å². The van der Waals surface area contributed by atoms with E-state index in [9.17, 15) is 8.78 Å². The van der Waals surface area contributed by atoms with Crippen LogP contribution in [0.4, 0.5) is 14.5 Å². The number of rotatable bonds is 2. The van der Waals surface area contributed by atoms with Crippen molar-refractivity contribution in [2.45, 2.75) is 6.92 Å². The molecule has 5 heteroatoms. The lowest BCUT2D eigenvalue weighted by Crippen LogP contribution is -1.98. The van der Waals surface area contributed by atoms with E-state index in [0.717, 1.165) is 12.1 Å². The lowest BCUT2D eigenvalue weighted by Gasteiger charge is -2.12. The van der Waals surface area contributed by atoms with Crippen molar-refractivity contribution in [2.24, 2.45) is 0 Å². The molecule has 0 saturated heterocycles. The standard InChI is InChI=1S/C14H10F2N2O/c1-8-3-2-4-12(18)13(8)19-14-10(15)5-9(7-17)6-11(14)16/h2-6H,18H2,1H3. The van der Waals surface area contributed by atoms with Crippen molar-refractivity contribution in [1.82, 2.24) is 0 Å². The van der Waals surface area contributed by atoms with Crippen molar-refractivity contribution in [2.75, 3.05) is 5.73 Å². The molecule has 0 radical (unpaired) electrons. The van der Waals surface area contributed by atoms with Crippen LogP contribution in [0.5, 0.6) is 11.5 Å². The lowest BCUT2D eigenvalue weighted by molar-refractivity contribution is 0.406. The van der Waals surface area contributed by atoms with Gasteiger partial charge in [-0.3, -0.25) is 0 Å². The van der Waals surface area contributed by atoms with Crippen LogP contribution in [-0.2, 0) is 0 Å². The van der Waals surface area contributed by atoms with E-state index >= 15 is 0 Å². The smallest absolute Gasteiger partial charge is 0.198 e. The maximum Gasteiger partial charge on any atom is 0.198 e. The molecule has 2 N–H and O–H groups in total. The molecule has 0 spiro atoms. The van der Waals surface area contributed by atoms with Crippen LogP contribution in [0.15, 0.2) is 30.3 Å². The molecule has 0 aliphatic rings. The highest BCUT2D eigenvalue weighted by Crippen LogP contribution is 2.34. The number of para-hydroxylation sites is 1. The normalized spacial score (nSPS) is 10.0. The van der Waals surface area contributed by atoms with Gasteiger partial charge in [0.15, 0.2) is 23.1 Å². The number of nitrogen functional groups attached to an aromatic ring is 1. The van der Waals surface area contributed by atoms with Crippen molar-refractivity contribution < 1.29 is 13.5 Å². The summed E-state index contributed by atoms with van der Waals surface area (Å²) in [6.07, 6.45) is 0. The maximum atomic E-state index is 13.7. The SMILES string of the molecule is Cc1cccc(N)c1Oc1c(F)cc(C#N)cc1F. The van der Waals surface area contributed by atoms with Gasteiger partial charge in [0, 0.05) is 0 Å². The third-order valence-electron chi connectivity index (χ3n) is 2.57. The van der Waals surface area contributed by atoms with Crippen molar-refractivity contribution in [1.29, 1.82) is 5.26 Å². The Morgan fingerprint density at radius 3 is 2.32 bits per heavy atom. The highest BCUT2D eigenvalue weighted by atomic mass is 19.1. The second kappa shape index (κ2) is 4.94. The molecular formula is C14H10F2N2O. The fourth-order valence-electron chi connectivity index (χ4n) is 1.64. The molecule has 3 nitrogen and oxygen atoms in total. The minimum atomic E-state index is -0.945. The number of nitrogens with two attached hydrogens (primary N) is 1. The average Bonchev–Trinajstić information content (AvgIpc) is 2.36. The van der Waals surface area contributed by atoms with E-state index < -0.39 is 17.4 Å². The van der Waals surface area contributed by atoms with Crippen LogP contribution in [0.1, 0.15) is 11.1 Å². The van der Waals surface area contributed by atoms with Crippen molar-refractivity contribution >= 4 is 5.69 Å². The van der Waals surface area contributed by atoms with Crippen LogP contribution in [0, 0.1) is 29.9 Å². The Morgan fingerprint density at radius 2 is 1.79 bits per heavy atom. The molecule has 0 heterocycles. The average molecular weight is 260 g/mol. The zero-order chi connectivity index (χ0) is 14.0. The topological polar surface area (TPSA) is 59.0 Å². The van der Waals surface area contributed by atoms with Gasteiger partial charge in [-0.15, -0.1) is 0 Å². The number of benzene rings is 2. The fourth-order valence-corrected chi connectivity index (χ4v) is 1.64. The van der Waals surface area contributed by atoms with Gasteiger partial charge < -0.3 is 10.5 Å². The number of aryl methyl sites for hydroxylation is 1. The highest BCUT2D eigenvalue weighted by Gasteiger charge is 2.16. The molecular weight excluding hydrogens is 250 g/mol. The molecule has 2 aromatic carbocycles. The summed E-state index contributed by atoms with van der Waals surface area (Å²) in [5.41, 5.74) is 6.53. The van der Waals surface area contributed by atoms with E-state index in [-0.39, 0.29) is 17.0 Å². The van der Waals surface area contributed by atoms with E-state index in [1.807, 2.05) is 0 Å². The first-order valence-electron chi connectivity index (χ1n) is 5.45. The van der Waals surface area contributed by atoms with Crippen molar-refractivity contribution in [3.8, 4) is 17.6 Å². The third-order valence-corrected chi connectivity index (χ3v) is 2.57. The first-order valence-corrected chi connectivity index (χ1v) is 5.45. The molecule has 19 heavy (non-hydrogen) atoms. The molecule has 0 saturated carbocycles. The van der Waals surface area contributed by atoms with Gasteiger partial charge in [-0.25, -0.2) is 8.78 Å². The second-order valence-corrected chi connectivity index (χ2v) is 3.98. The summed E-state index contributed by atoms with van der Waals surface area (Å²) in [6.45, 7) is 1.71. The summed E-state index contributed by atoms with van der Waals surface area (Å²) in [6, 6.07) is 8.48. The summed E-state index contributed by atoms with van der Waals surface area (Å²) >= 11 is 0. The number of nitriles is 1. The second-order valence-electron chi connectivity index (χ2n) is 3.98. The Kier molecular flexibility index (Phi) is 3.34. The maximum absolute atomic E-state index is 13.7. The summed E-state index contributed by atoms with van der Waals surface area (Å²) < 4.78 is 32.6. The quantitative estimate of drug-likeness (QED) is 0.840. The number of ether oxygens (including phenoxy) is 1. The molecule has 0 aromatic heterocycles. The Morgan fingerprint density at radius 1 is 1.16 bits per heavy atom. The first-order chi connectivity index (χ1) is 9.02. The van der Waals surface area contributed by atoms with Crippen molar-refractivity contribution in [3.05, 3.63) is 53.1 Å². The zero-order valence-electron chi connectivity index (χ0n) is 10.1. The highest BCUT2D eigenvalue weighted by molar-refractivity contribution is 5.58. The molecule has 0 aliphatic carbocycles. The molecule has 0 fully saturated rings. The molecule has 0 amide bonds. The van der Waals surface area contributed by atoms with Gasteiger partial charge in [-0.2, -0.15) is 5.26 Å². The van der Waals surface area contributed by atoms with E-state index in [1.165, 1.54) is 0 Å². The van der Waals surface area contributed by atoms with E-state index in [1.54, 1.807) is 31.2 Å². The predicted octanol–water partition coefficient (Wildman–Crippen LogP) is 3.52. The summed E-state index contributed by atoms with van der Waals surface area (Å²) in [5.74, 6) is -2.26. The molecule has 0 atom stereocenters. The predicted molar refractivity (Wildman–Crippen MR) is 66.7 cm³/mol. The number of hydrogen-bond acceptors (Lipinski definition) is 3. The molecule has 2 rings (SSSR count). The Hall–Kier alpha value is -2.61. The third kappa shape index (κ3) is 2.47. The molecule has 0 unspecified atom stereocenters. The summed E-state index contributed by atoms with van der Waals surface area (Å²) in [5, 5.41) is 8.61. The molecule has 96 valence electrons. The van der Waals surface area contributed by atoms with Gasteiger partial charge in [-0.05, 0) is 30.7 Å². The van der Waals surface area contributed by atoms with Crippen LogP contribution >= 0.6 is 0 Å². The van der Waals surface area contributed by atoms with Crippen molar-refractivity contribution in [3.63, 3.8) is 0 Å². The Bertz CT molecular complexity index is 634. The van der Waals surface area contributed by atoms with Crippen LogP contribution in [0.3, 0.4) is 0 Å². The lowest BCUT2D eigenvalue weighted by atomic mass is 10.2. The van der Waals surface area contributed by atoms with Gasteiger partial charge >= 0.3 is 0 Å². The van der Waals surface area contributed by atoms with E-state index in [2.05, 4.69) is 0 Å². The van der Waals surface area contributed by atoms with Crippen LogP contribution in [0.2, 0.25) is 0 Å². The van der Waals surface area contributed by atoms with Gasteiger partial charge in [0.2, 0.25) is 0 Å². The van der Waals surface area contributed by atoms with Crippen LogP contribution in [-0.4, -0.2) is 0 Å². The van der Waals surface area contributed by atoms with E-state index in [4.69, 9.17) is 15.7 Å². The van der Waals surface area contributed by atoms with Gasteiger partial charge in [0.1, 0.15) is 0 Å². The number of anilines is 1. The first kappa shape index (κ1) is 12.8. The monoisotopic (exact) mass is 260 g/mol. The number of nitrogens with zero attached hydrogens (tertiary/aromatic N) is 1. The number of hydrogen-bond donors (Lipinski definition) is 1. The van der Waals surface area contributed by atoms with Gasteiger partial charge in [0.05, 0.1) is 17.3 Å². The minimum Gasteiger partial charge on any atom is -0.449 e. The molecule has 0 aliphatic heterocycles. The number of halogens is 2. The molecule has 2 aromatic rings. The van der Waals surface area contributed by atoms with Crippen LogP contribution < -0.4 is 10.5 Å². The molecule has 0 bridgehead atoms.